The number of aryl methyl sites for hydroxylation is 1. The zero-order valence-corrected chi connectivity index (χ0v) is 32.9. The second-order valence-electron chi connectivity index (χ2n) is 16.0. The Morgan fingerprint density at radius 2 is 2.02 bits per heavy atom. The van der Waals surface area contributed by atoms with Crippen LogP contribution in [0.15, 0.2) is 41.9 Å². The monoisotopic (exact) mass is 756 g/mol. The van der Waals surface area contributed by atoms with Gasteiger partial charge in [-0.2, -0.15) is 0 Å². The number of methoxy groups -OCH3 is 1. The van der Waals surface area contributed by atoms with E-state index in [0.29, 0.717) is 38.8 Å². The highest BCUT2D eigenvalue weighted by molar-refractivity contribution is 7.10. The van der Waals surface area contributed by atoms with Crippen LogP contribution in [0.1, 0.15) is 76.3 Å². The molecule has 3 N–H and O–H groups in total. The predicted molar refractivity (Wildman–Crippen MR) is 207 cm³/mol. The number of nitrogens with one attached hydrogen (secondary N) is 2. The van der Waals surface area contributed by atoms with Crippen molar-refractivity contribution in [3.63, 3.8) is 0 Å². The summed E-state index contributed by atoms with van der Waals surface area (Å²) in [6, 6.07) is 8.81. The van der Waals surface area contributed by atoms with Crippen LogP contribution >= 0.6 is 11.3 Å². The minimum absolute atomic E-state index is 0.0409. The van der Waals surface area contributed by atoms with Crippen molar-refractivity contribution < 1.29 is 29.0 Å². The number of esters is 1. The molecule has 1 aliphatic carbocycles. The van der Waals surface area contributed by atoms with E-state index in [-0.39, 0.29) is 55.3 Å². The van der Waals surface area contributed by atoms with E-state index in [1.54, 1.807) is 13.3 Å². The molecule has 2 amide bonds. The molecule has 12 nitrogen and oxygen atoms in total. The van der Waals surface area contributed by atoms with Crippen LogP contribution in [0.25, 0.3) is 33.4 Å². The quantitative estimate of drug-likeness (QED) is 0.199. The number of hydrogen-bond acceptors (Lipinski definition) is 10. The molecule has 6 bridgehead atoms. The van der Waals surface area contributed by atoms with E-state index in [1.165, 1.54) is 16.3 Å². The molecule has 6 atom stereocenters. The van der Waals surface area contributed by atoms with Gasteiger partial charge in [0.15, 0.2) is 0 Å². The summed E-state index contributed by atoms with van der Waals surface area (Å²) < 4.78 is 14.1. The van der Waals surface area contributed by atoms with Crippen LogP contribution in [0.5, 0.6) is 0 Å². The Hall–Kier alpha value is -4.17. The number of cyclic esters (lactones) is 1. The van der Waals surface area contributed by atoms with Crippen LogP contribution < -0.4 is 10.7 Å². The number of pyridine rings is 1. The van der Waals surface area contributed by atoms with Crippen molar-refractivity contribution in [2.75, 3.05) is 26.9 Å². The molecule has 0 spiro atoms. The maximum atomic E-state index is 14.1. The Bertz CT molecular complexity index is 2030. The molecule has 4 aromatic rings. The summed E-state index contributed by atoms with van der Waals surface area (Å²) in [5, 5.41) is 18.3. The summed E-state index contributed by atoms with van der Waals surface area (Å²) in [5.41, 5.74) is 9.21. The van der Waals surface area contributed by atoms with Gasteiger partial charge in [0.05, 0.1) is 34.8 Å². The maximum Gasteiger partial charge on any atom is 0.324 e. The smallest absolute Gasteiger partial charge is 0.324 e. The maximum absolute atomic E-state index is 14.1. The molecule has 0 radical (unpaired) electrons. The van der Waals surface area contributed by atoms with Crippen molar-refractivity contribution in [2.45, 2.75) is 91.5 Å². The zero-order chi connectivity index (χ0) is 38.3. The standard InChI is InChI=1S/C41H52N6O6S/c1-23-24(2)35(23)38(49)44-31-19-34-43-32(21-54-34)26-12-13-33-28(18-26)29(20-41(4,5)22-53-40(51)30-11-8-16-47(45-30)39(31)50)37(46(33)15-9-17-48)27-10-7-14-42-36(27)25(3)52-6/h7,10,12-14,18,21,23-25,30-31,35,45,48H,8-9,11,15-17,19-20,22H2,1-6H3,(H,44,49)/t23-,24+,25-,30-,31-,35+/m0/s1. The topological polar surface area (TPSA) is 148 Å². The number of rotatable bonds is 8. The Kier molecular flexibility index (Phi) is 11.0. The lowest BCUT2D eigenvalue weighted by molar-refractivity contribution is -0.155. The lowest BCUT2D eigenvalue weighted by Crippen LogP contribution is -2.60. The average Bonchev–Trinajstić information content (AvgIpc) is 3.44. The molecule has 0 unspecified atom stereocenters. The summed E-state index contributed by atoms with van der Waals surface area (Å²) in [6.07, 6.45) is 4.01. The molecule has 2 fully saturated rings. The molecular formula is C41H52N6O6S. The first kappa shape index (κ1) is 38.1. The number of carbonyl (C=O) groups is 3. The normalized spacial score (nSPS) is 24.9. The second-order valence-corrected chi connectivity index (χ2v) is 16.9. The van der Waals surface area contributed by atoms with E-state index in [9.17, 15) is 19.5 Å². The van der Waals surface area contributed by atoms with E-state index in [4.69, 9.17) is 19.4 Å². The van der Waals surface area contributed by atoms with Gasteiger partial charge in [-0.25, -0.2) is 10.4 Å². The van der Waals surface area contributed by atoms with Crippen molar-refractivity contribution >= 4 is 40.0 Å². The number of carbonyl (C=O) groups excluding carboxylic acids is 3. The molecular weight excluding hydrogens is 705 g/mol. The molecule has 54 heavy (non-hydrogen) atoms. The molecule has 7 rings (SSSR count). The lowest BCUT2D eigenvalue weighted by Gasteiger charge is -2.35. The van der Waals surface area contributed by atoms with Gasteiger partial charge < -0.3 is 24.5 Å². The van der Waals surface area contributed by atoms with Gasteiger partial charge in [0.25, 0.3) is 5.91 Å². The molecule has 1 saturated carbocycles. The zero-order valence-electron chi connectivity index (χ0n) is 32.1. The van der Waals surface area contributed by atoms with Crippen molar-refractivity contribution in [1.29, 1.82) is 0 Å². The molecule has 3 aliphatic rings. The van der Waals surface area contributed by atoms with Gasteiger partial charge in [-0.1, -0.05) is 33.8 Å². The largest absolute Gasteiger partial charge is 0.464 e. The molecule has 2 aliphatic heterocycles. The fourth-order valence-corrected chi connectivity index (χ4v) is 8.96. The minimum Gasteiger partial charge on any atom is -0.464 e. The molecule has 13 heteroatoms. The number of thiazole rings is 1. The number of fused-ring (bicyclic) bond motifs is 6. The number of hydrogen-bond donors (Lipinski definition) is 3. The Labute approximate surface area is 320 Å². The number of aliphatic hydroxyl groups is 1. The van der Waals surface area contributed by atoms with Gasteiger partial charge in [-0.05, 0) is 74.3 Å². The molecule has 3 aromatic heterocycles. The Balaban J connectivity index is 1.36. The first-order chi connectivity index (χ1) is 25.9. The van der Waals surface area contributed by atoms with E-state index < -0.39 is 23.5 Å². The average molecular weight is 757 g/mol. The van der Waals surface area contributed by atoms with Crippen LogP contribution in [0.3, 0.4) is 0 Å². The molecule has 5 heterocycles. The summed E-state index contributed by atoms with van der Waals surface area (Å²) in [7, 11) is 1.68. The number of benzene rings is 1. The van der Waals surface area contributed by atoms with Crippen LogP contribution in [-0.2, 0) is 43.2 Å². The van der Waals surface area contributed by atoms with Crippen molar-refractivity contribution in [1.82, 2.24) is 30.3 Å². The van der Waals surface area contributed by atoms with Gasteiger partial charge in [0, 0.05) is 78.2 Å². The lowest BCUT2D eigenvalue weighted by atomic mass is 9.84. The van der Waals surface area contributed by atoms with Crippen LogP contribution in [0.4, 0.5) is 0 Å². The van der Waals surface area contributed by atoms with Crippen LogP contribution in [-0.4, -0.2) is 81.4 Å². The molecule has 1 aromatic carbocycles. The van der Waals surface area contributed by atoms with Gasteiger partial charge >= 0.3 is 5.97 Å². The van der Waals surface area contributed by atoms with Crippen molar-refractivity contribution in [2.24, 2.45) is 23.2 Å². The fraction of sp³-hybridized carbons (Fsp3) is 0.537. The number of amides is 2. The number of ether oxygens (including phenoxy) is 2. The van der Waals surface area contributed by atoms with Crippen molar-refractivity contribution in [3.05, 3.63) is 58.2 Å². The van der Waals surface area contributed by atoms with Crippen LogP contribution in [0.2, 0.25) is 0 Å². The third-order valence-electron chi connectivity index (χ3n) is 11.5. The first-order valence-corrected chi connectivity index (χ1v) is 20.0. The Morgan fingerprint density at radius 1 is 1.22 bits per heavy atom. The number of nitrogens with zero attached hydrogens (tertiary/aromatic N) is 4. The second kappa shape index (κ2) is 15.5. The SMILES string of the molecule is CO[C@@H](C)c1ncccc1-c1c2c3cc(ccc3n1CCCO)-c1csc(n1)C[C@H](NC(=O)[C@H]1[C@H](C)[C@@H]1C)C(=O)N1CCC[C@H](N1)C(=O)OCC(C)(C)C2. The molecule has 288 valence electrons. The Morgan fingerprint density at radius 3 is 2.76 bits per heavy atom. The molecule has 1 saturated heterocycles. The van der Waals surface area contributed by atoms with E-state index in [1.807, 2.05) is 18.4 Å². The highest BCUT2D eigenvalue weighted by atomic mass is 32.1. The van der Waals surface area contributed by atoms with E-state index in [0.717, 1.165) is 49.7 Å². The summed E-state index contributed by atoms with van der Waals surface area (Å²) in [6.45, 7) is 11.5. The van der Waals surface area contributed by atoms with Crippen LogP contribution in [0, 0.1) is 23.2 Å². The summed E-state index contributed by atoms with van der Waals surface area (Å²) in [4.78, 5) is 51.0. The third-order valence-corrected chi connectivity index (χ3v) is 12.4. The number of hydrazine groups is 1. The highest BCUT2D eigenvalue weighted by Crippen LogP contribution is 2.46. The summed E-state index contributed by atoms with van der Waals surface area (Å²) >= 11 is 1.47. The van der Waals surface area contributed by atoms with Gasteiger partial charge in [-0.3, -0.25) is 24.4 Å². The van der Waals surface area contributed by atoms with Gasteiger partial charge in [0.1, 0.15) is 12.1 Å². The third kappa shape index (κ3) is 7.56. The van der Waals surface area contributed by atoms with E-state index in [2.05, 4.69) is 67.3 Å². The number of aromatic nitrogens is 3. The summed E-state index contributed by atoms with van der Waals surface area (Å²) in [5.74, 6) is -0.444. The predicted octanol–water partition coefficient (Wildman–Crippen LogP) is 5.47. The number of aliphatic hydroxyl groups excluding tert-OH is 1. The highest BCUT2D eigenvalue weighted by Gasteiger charge is 2.49. The minimum atomic E-state index is -0.850. The van der Waals surface area contributed by atoms with E-state index >= 15 is 0 Å². The van der Waals surface area contributed by atoms with Gasteiger partial charge in [0.2, 0.25) is 5.91 Å². The van der Waals surface area contributed by atoms with Crippen molar-refractivity contribution in [3.8, 4) is 22.5 Å². The fourth-order valence-electron chi connectivity index (χ4n) is 8.10. The van der Waals surface area contributed by atoms with Gasteiger partial charge in [-0.15, -0.1) is 11.3 Å². The first-order valence-electron chi connectivity index (χ1n) is 19.1.